The predicted octanol–water partition coefficient (Wildman–Crippen LogP) is 5.42. The van der Waals surface area contributed by atoms with Gasteiger partial charge in [0.25, 0.3) is 5.91 Å². The third kappa shape index (κ3) is 4.07. The molecule has 0 fully saturated rings. The highest BCUT2D eigenvalue weighted by Gasteiger charge is 2.38. The quantitative estimate of drug-likeness (QED) is 0.612. The van der Waals surface area contributed by atoms with Crippen molar-refractivity contribution in [2.24, 2.45) is 0 Å². The van der Waals surface area contributed by atoms with E-state index in [4.69, 9.17) is 9.47 Å². The summed E-state index contributed by atoms with van der Waals surface area (Å²) in [6.07, 6.45) is 2.56. The molecule has 1 N–H and O–H groups in total. The van der Waals surface area contributed by atoms with Crippen LogP contribution in [0.3, 0.4) is 0 Å². The van der Waals surface area contributed by atoms with Gasteiger partial charge in [-0.25, -0.2) is 0 Å². The van der Waals surface area contributed by atoms with Crippen LogP contribution in [0.4, 0.5) is 0 Å². The summed E-state index contributed by atoms with van der Waals surface area (Å²) in [5.41, 5.74) is 0.787. The predicted molar refractivity (Wildman–Crippen MR) is 115 cm³/mol. The van der Waals surface area contributed by atoms with E-state index in [1.165, 1.54) is 0 Å². The van der Waals surface area contributed by atoms with Crippen LogP contribution in [0.25, 0.3) is 10.8 Å². The van der Waals surface area contributed by atoms with Crippen LogP contribution in [0.2, 0.25) is 0 Å². The van der Waals surface area contributed by atoms with Gasteiger partial charge in [-0.05, 0) is 41.8 Å². The van der Waals surface area contributed by atoms with Crippen molar-refractivity contribution in [2.75, 3.05) is 6.61 Å². The summed E-state index contributed by atoms with van der Waals surface area (Å²) in [5, 5.41) is 5.41. The van der Waals surface area contributed by atoms with Crippen LogP contribution in [-0.2, 0) is 4.79 Å². The average molecular weight is 389 g/mol. The fourth-order valence-electron chi connectivity index (χ4n) is 4.07. The van der Waals surface area contributed by atoms with E-state index >= 15 is 0 Å². The van der Waals surface area contributed by atoms with E-state index in [-0.39, 0.29) is 24.2 Å². The zero-order valence-electron chi connectivity index (χ0n) is 17.0. The Morgan fingerprint density at radius 1 is 1.03 bits per heavy atom. The Bertz CT molecular complexity index is 1010. The lowest BCUT2D eigenvalue weighted by molar-refractivity contribution is -0.124. The molecular weight excluding hydrogens is 362 g/mol. The Morgan fingerprint density at radius 3 is 2.55 bits per heavy atom. The van der Waals surface area contributed by atoms with Crippen LogP contribution in [0.15, 0.2) is 66.7 Å². The van der Waals surface area contributed by atoms with E-state index in [0.29, 0.717) is 5.75 Å². The van der Waals surface area contributed by atoms with Gasteiger partial charge in [-0.15, -0.1) is 0 Å². The van der Waals surface area contributed by atoms with Crippen LogP contribution in [-0.4, -0.2) is 18.1 Å². The first-order chi connectivity index (χ1) is 14.1. The second kappa shape index (κ2) is 8.16. The third-order valence-electron chi connectivity index (χ3n) is 5.91. The monoisotopic (exact) mass is 389 g/mol. The summed E-state index contributed by atoms with van der Waals surface area (Å²) in [7, 11) is 0. The highest BCUT2D eigenvalue weighted by molar-refractivity contribution is 5.84. The van der Waals surface area contributed by atoms with Gasteiger partial charge in [-0.1, -0.05) is 62.4 Å². The lowest BCUT2D eigenvalue weighted by atomic mass is 9.83. The first-order valence-corrected chi connectivity index (χ1v) is 10.3. The number of carbonyl (C=O) groups excluding carboxylic acids is 1. The molecule has 3 aromatic carbocycles. The fourth-order valence-corrected chi connectivity index (χ4v) is 4.07. The molecule has 4 nitrogen and oxygen atoms in total. The van der Waals surface area contributed by atoms with E-state index in [2.05, 4.69) is 25.2 Å². The van der Waals surface area contributed by atoms with E-state index in [1.807, 2.05) is 60.7 Å². The van der Waals surface area contributed by atoms with Crippen molar-refractivity contribution in [1.29, 1.82) is 0 Å². The number of benzene rings is 3. The molecule has 150 valence electrons. The molecule has 0 bridgehead atoms. The number of amides is 1. The largest absolute Gasteiger partial charge is 0.487 e. The summed E-state index contributed by atoms with van der Waals surface area (Å²) in [6, 6.07) is 21.9. The van der Waals surface area contributed by atoms with Crippen molar-refractivity contribution >= 4 is 16.7 Å². The van der Waals surface area contributed by atoms with E-state index in [0.717, 1.165) is 41.3 Å². The number of ether oxygens (including phenoxy) is 2. The molecule has 0 spiro atoms. The Hall–Kier alpha value is -3.01. The van der Waals surface area contributed by atoms with Crippen molar-refractivity contribution in [3.63, 3.8) is 0 Å². The molecule has 3 aromatic rings. The minimum absolute atomic E-state index is 0.0108. The zero-order valence-corrected chi connectivity index (χ0v) is 17.0. The highest BCUT2D eigenvalue weighted by atomic mass is 16.5. The van der Waals surface area contributed by atoms with Gasteiger partial charge in [0.15, 0.2) is 6.61 Å². The molecule has 1 aliphatic rings. The molecule has 0 saturated heterocycles. The van der Waals surface area contributed by atoms with Crippen molar-refractivity contribution in [3.05, 3.63) is 72.3 Å². The minimum atomic E-state index is -0.245. The van der Waals surface area contributed by atoms with Crippen LogP contribution in [0.5, 0.6) is 11.5 Å². The maximum absolute atomic E-state index is 12.7. The first kappa shape index (κ1) is 19.3. The van der Waals surface area contributed by atoms with Gasteiger partial charge in [0.05, 0.1) is 6.04 Å². The molecule has 0 saturated carbocycles. The number of fused-ring (bicyclic) bond motifs is 2. The van der Waals surface area contributed by atoms with Crippen molar-refractivity contribution in [3.8, 4) is 11.5 Å². The molecule has 0 aromatic heterocycles. The Morgan fingerprint density at radius 2 is 1.76 bits per heavy atom. The lowest BCUT2D eigenvalue weighted by Gasteiger charge is -2.41. The highest BCUT2D eigenvalue weighted by Crippen LogP contribution is 2.42. The summed E-state index contributed by atoms with van der Waals surface area (Å²) in [5.74, 6) is 1.44. The lowest BCUT2D eigenvalue weighted by Crippen LogP contribution is -2.45. The molecule has 29 heavy (non-hydrogen) atoms. The van der Waals surface area contributed by atoms with Crippen molar-refractivity contribution in [1.82, 2.24) is 5.32 Å². The summed E-state index contributed by atoms with van der Waals surface area (Å²) >= 11 is 0. The molecule has 1 heterocycles. The van der Waals surface area contributed by atoms with Gasteiger partial charge in [0.1, 0.15) is 17.1 Å². The van der Waals surface area contributed by atoms with E-state index < -0.39 is 0 Å². The molecule has 4 rings (SSSR count). The van der Waals surface area contributed by atoms with Gasteiger partial charge in [-0.2, -0.15) is 0 Å². The Kier molecular flexibility index (Phi) is 5.43. The van der Waals surface area contributed by atoms with Gasteiger partial charge in [0, 0.05) is 12.0 Å². The smallest absolute Gasteiger partial charge is 0.258 e. The number of hydrogen-bond donors (Lipinski definition) is 1. The molecule has 1 amide bonds. The zero-order chi connectivity index (χ0) is 20.3. The second-order valence-electron chi connectivity index (χ2n) is 7.65. The molecule has 0 radical (unpaired) electrons. The summed E-state index contributed by atoms with van der Waals surface area (Å²) in [4.78, 5) is 12.7. The number of para-hydroxylation sites is 1. The normalized spacial score (nSPS) is 17.2. The number of carbonyl (C=O) groups is 1. The molecule has 0 aliphatic carbocycles. The Balaban J connectivity index is 1.45. The van der Waals surface area contributed by atoms with Crippen LogP contribution in [0, 0.1) is 0 Å². The van der Waals surface area contributed by atoms with Crippen LogP contribution < -0.4 is 14.8 Å². The molecule has 4 heteroatoms. The Labute approximate surface area is 171 Å². The summed E-state index contributed by atoms with van der Waals surface area (Å²) < 4.78 is 12.1. The van der Waals surface area contributed by atoms with E-state index in [9.17, 15) is 4.79 Å². The maximum Gasteiger partial charge on any atom is 0.258 e. The molecule has 1 aliphatic heterocycles. The first-order valence-electron chi connectivity index (χ1n) is 10.3. The number of hydrogen-bond acceptors (Lipinski definition) is 3. The molecular formula is C25H27NO3. The van der Waals surface area contributed by atoms with Gasteiger partial charge >= 0.3 is 0 Å². The van der Waals surface area contributed by atoms with Crippen molar-refractivity contribution in [2.45, 2.75) is 44.8 Å². The van der Waals surface area contributed by atoms with Crippen LogP contribution in [0.1, 0.15) is 44.7 Å². The number of rotatable bonds is 6. The maximum atomic E-state index is 12.7. The fraction of sp³-hybridized carbons (Fsp3) is 0.320. The van der Waals surface area contributed by atoms with Crippen LogP contribution >= 0.6 is 0 Å². The van der Waals surface area contributed by atoms with Crippen molar-refractivity contribution < 1.29 is 14.3 Å². The second-order valence-corrected chi connectivity index (χ2v) is 7.65. The molecule has 1 atom stereocenters. The average Bonchev–Trinajstić information content (AvgIpc) is 2.77. The summed E-state index contributed by atoms with van der Waals surface area (Å²) in [6.45, 7) is 4.27. The van der Waals surface area contributed by atoms with Gasteiger partial charge in [0.2, 0.25) is 0 Å². The van der Waals surface area contributed by atoms with Gasteiger partial charge in [-0.3, -0.25) is 4.79 Å². The van der Waals surface area contributed by atoms with Gasteiger partial charge < -0.3 is 14.8 Å². The SMILES string of the molecule is CCC1(CC)C[C@@H](NC(=O)COc2ccc3ccccc3c2)c2ccccc2O1. The standard InChI is InChI=1S/C25H27NO3/c1-3-25(4-2)16-22(21-11-7-8-12-23(21)29-25)26-24(27)17-28-20-14-13-18-9-5-6-10-19(18)15-20/h5-15,22H,3-4,16-17H2,1-2H3,(H,26,27)/t22-/m1/s1. The minimum Gasteiger partial charge on any atom is -0.487 e. The topological polar surface area (TPSA) is 47.6 Å². The number of nitrogens with one attached hydrogen (secondary N) is 1. The van der Waals surface area contributed by atoms with E-state index in [1.54, 1.807) is 0 Å². The molecule has 0 unspecified atom stereocenters. The third-order valence-corrected chi connectivity index (χ3v) is 5.91.